The molecule has 0 aliphatic heterocycles. The van der Waals surface area contributed by atoms with Crippen molar-refractivity contribution in [3.05, 3.63) is 0 Å². The van der Waals surface area contributed by atoms with Gasteiger partial charge in [0.2, 0.25) is 0 Å². The van der Waals surface area contributed by atoms with E-state index in [9.17, 15) is 0 Å². The van der Waals surface area contributed by atoms with E-state index in [1.54, 1.807) is 0 Å². The van der Waals surface area contributed by atoms with Gasteiger partial charge in [0, 0.05) is 0 Å². The zero-order chi connectivity index (χ0) is 11.0. The van der Waals surface area contributed by atoms with Crippen LogP contribution in [-0.2, 0) is 0 Å². The molecule has 6 N–H and O–H groups in total. The maximum atomic E-state index is 6.97. The lowest BCUT2D eigenvalue weighted by atomic mass is 10.1. The molecular formula is C9H22ClN5. The van der Waals surface area contributed by atoms with E-state index >= 15 is 0 Å². The molecule has 0 aliphatic rings. The molecule has 0 amide bonds. The van der Waals surface area contributed by atoms with Crippen LogP contribution >= 0.6 is 12.4 Å². The Bertz CT molecular complexity index is 205. The number of nitrogens with zero attached hydrogens (tertiary/aromatic N) is 1. The molecule has 0 rings (SSSR count). The second-order valence-electron chi connectivity index (χ2n) is 3.26. The smallest absolute Gasteiger partial charge is 0.195 e. The number of aliphatic imine (C=N–C) groups is 1. The van der Waals surface area contributed by atoms with Crippen molar-refractivity contribution < 1.29 is 0 Å². The van der Waals surface area contributed by atoms with Crippen molar-refractivity contribution in [1.82, 2.24) is 5.32 Å². The van der Waals surface area contributed by atoms with Gasteiger partial charge in [-0.3, -0.25) is 10.7 Å². The van der Waals surface area contributed by atoms with Gasteiger partial charge in [0.05, 0.1) is 6.04 Å². The molecule has 0 saturated carbocycles. The molecule has 0 aromatic heterocycles. The largest absolute Gasteiger partial charge is 0.370 e. The molecule has 0 radical (unpaired) electrons. The van der Waals surface area contributed by atoms with Crippen LogP contribution in [0.1, 0.15) is 39.5 Å². The lowest BCUT2D eigenvalue weighted by Gasteiger charge is -2.10. The highest BCUT2D eigenvalue weighted by molar-refractivity contribution is 5.95. The van der Waals surface area contributed by atoms with E-state index in [2.05, 4.69) is 24.2 Å². The second kappa shape index (κ2) is 9.58. The minimum Gasteiger partial charge on any atom is -0.370 e. The number of guanidine groups is 2. The van der Waals surface area contributed by atoms with Gasteiger partial charge in [-0.25, -0.2) is 4.99 Å². The fraction of sp³-hybridized carbons (Fsp3) is 0.778. The van der Waals surface area contributed by atoms with Gasteiger partial charge in [0.15, 0.2) is 11.9 Å². The molecular weight excluding hydrogens is 214 g/mol. The zero-order valence-electron chi connectivity index (χ0n) is 9.42. The number of nitrogens with one attached hydrogen (secondary N) is 2. The summed E-state index contributed by atoms with van der Waals surface area (Å²) in [4.78, 5) is 4.24. The van der Waals surface area contributed by atoms with E-state index in [0.717, 1.165) is 25.7 Å². The highest BCUT2D eigenvalue weighted by Crippen LogP contribution is 2.07. The molecule has 0 bridgehead atoms. The molecule has 0 fully saturated rings. The van der Waals surface area contributed by atoms with Crippen LogP contribution in [0.25, 0.3) is 0 Å². The number of hydrogen-bond acceptors (Lipinski definition) is 2. The first-order valence-corrected chi connectivity index (χ1v) is 5.04. The average Bonchev–Trinajstić information content (AvgIpc) is 2.10. The molecule has 6 heteroatoms. The molecule has 0 aromatic rings. The number of nitrogens with two attached hydrogens (primary N) is 2. The van der Waals surface area contributed by atoms with Crippen LogP contribution in [0.5, 0.6) is 0 Å². The van der Waals surface area contributed by atoms with Crippen molar-refractivity contribution in [2.24, 2.45) is 16.5 Å². The van der Waals surface area contributed by atoms with Crippen LogP contribution in [0.15, 0.2) is 4.99 Å². The first-order valence-electron chi connectivity index (χ1n) is 5.04. The fourth-order valence-electron chi connectivity index (χ4n) is 1.17. The van der Waals surface area contributed by atoms with Crippen molar-refractivity contribution in [2.75, 3.05) is 0 Å². The average molecular weight is 236 g/mol. The molecule has 1 atom stereocenters. The summed E-state index contributed by atoms with van der Waals surface area (Å²) in [6.07, 6.45) is 4.30. The van der Waals surface area contributed by atoms with Crippen LogP contribution in [0.4, 0.5) is 0 Å². The summed E-state index contributed by atoms with van der Waals surface area (Å²) in [6, 6.07) is 0.238. The van der Waals surface area contributed by atoms with Crippen LogP contribution < -0.4 is 16.8 Å². The number of rotatable bonds is 5. The van der Waals surface area contributed by atoms with Crippen molar-refractivity contribution in [3.8, 4) is 0 Å². The van der Waals surface area contributed by atoms with Crippen LogP contribution in [-0.4, -0.2) is 18.0 Å². The van der Waals surface area contributed by atoms with Gasteiger partial charge in [0.1, 0.15) is 0 Å². The molecule has 0 aliphatic carbocycles. The second-order valence-corrected chi connectivity index (χ2v) is 3.26. The first kappa shape index (κ1) is 16.5. The molecule has 1 unspecified atom stereocenters. The van der Waals surface area contributed by atoms with Crippen molar-refractivity contribution in [1.29, 1.82) is 5.41 Å². The quantitative estimate of drug-likeness (QED) is 0.425. The van der Waals surface area contributed by atoms with Gasteiger partial charge in [-0.05, 0) is 12.8 Å². The lowest BCUT2D eigenvalue weighted by Crippen LogP contribution is -2.41. The Hall–Kier alpha value is -0.970. The first-order chi connectivity index (χ1) is 6.60. The van der Waals surface area contributed by atoms with E-state index in [0.29, 0.717) is 0 Å². The SMILES string of the molecule is CCCCC(CC)N=C(N)NC(=N)N.Cl. The maximum absolute atomic E-state index is 6.97. The summed E-state index contributed by atoms with van der Waals surface area (Å²) in [7, 11) is 0. The van der Waals surface area contributed by atoms with E-state index in [4.69, 9.17) is 16.9 Å². The van der Waals surface area contributed by atoms with Gasteiger partial charge in [-0.1, -0.05) is 26.7 Å². The van der Waals surface area contributed by atoms with E-state index < -0.39 is 0 Å². The predicted octanol–water partition coefficient (Wildman–Crippen LogP) is 1.17. The number of unbranched alkanes of at least 4 members (excludes halogenated alkanes) is 1. The lowest BCUT2D eigenvalue weighted by molar-refractivity contribution is 0.563. The highest BCUT2D eigenvalue weighted by Gasteiger charge is 2.04. The summed E-state index contributed by atoms with van der Waals surface area (Å²) in [5.74, 6) is 0.0667. The Morgan fingerprint density at radius 3 is 2.40 bits per heavy atom. The summed E-state index contributed by atoms with van der Waals surface area (Å²) in [5.41, 5.74) is 10.7. The van der Waals surface area contributed by atoms with Crippen LogP contribution in [0, 0.1) is 5.41 Å². The summed E-state index contributed by atoms with van der Waals surface area (Å²) in [6.45, 7) is 4.22. The Morgan fingerprint density at radius 2 is 2.00 bits per heavy atom. The Labute approximate surface area is 97.6 Å². The van der Waals surface area contributed by atoms with E-state index in [1.807, 2.05) is 0 Å². The third-order valence-electron chi connectivity index (χ3n) is 1.95. The van der Waals surface area contributed by atoms with Crippen molar-refractivity contribution >= 4 is 24.3 Å². The van der Waals surface area contributed by atoms with Crippen LogP contribution in [0.3, 0.4) is 0 Å². The third kappa shape index (κ3) is 9.34. The standard InChI is InChI=1S/C9H21N5.ClH/c1-3-5-6-7(4-2)13-9(12)14-8(10)11;/h7H,3-6H2,1-2H3,(H6,10,11,12,13,14);1H. The Kier molecular flexibility index (Phi) is 10.5. The minimum absolute atomic E-state index is 0. The summed E-state index contributed by atoms with van der Waals surface area (Å²) in [5, 5.41) is 9.44. The molecule has 15 heavy (non-hydrogen) atoms. The fourth-order valence-corrected chi connectivity index (χ4v) is 1.17. The molecule has 90 valence electrons. The normalized spacial score (nSPS) is 12.8. The summed E-state index contributed by atoms with van der Waals surface area (Å²) >= 11 is 0. The summed E-state index contributed by atoms with van der Waals surface area (Å²) < 4.78 is 0. The third-order valence-corrected chi connectivity index (χ3v) is 1.95. The Morgan fingerprint density at radius 1 is 1.40 bits per heavy atom. The van der Waals surface area contributed by atoms with Gasteiger partial charge in [-0.2, -0.15) is 0 Å². The van der Waals surface area contributed by atoms with E-state index in [-0.39, 0.29) is 30.4 Å². The monoisotopic (exact) mass is 235 g/mol. The number of hydrogen-bond donors (Lipinski definition) is 4. The van der Waals surface area contributed by atoms with Crippen molar-refractivity contribution in [3.63, 3.8) is 0 Å². The minimum atomic E-state index is -0.170. The highest BCUT2D eigenvalue weighted by atomic mass is 35.5. The van der Waals surface area contributed by atoms with Gasteiger partial charge in [-0.15, -0.1) is 12.4 Å². The molecule has 5 nitrogen and oxygen atoms in total. The molecule has 0 spiro atoms. The van der Waals surface area contributed by atoms with Crippen molar-refractivity contribution in [2.45, 2.75) is 45.6 Å². The Balaban J connectivity index is 0. The molecule has 0 saturated heterocycles. The van der Waals surface area contributed by atoms with E-state index in [1.165, 1.54) is 0 Å². The molecule has 0 aromatic carbocycles. The number of halogens is 1. The predicted molar refractivity (Wildman–Crippen MR) is 67.5 cm³/mol. The molecule has 0 heterocycles. The van der Waals surface area contributed by atoms with Gasteiger partial charge < -0.3 is 11.5 Å². The topological polar surface area (TPSA) is 100 Å². The maximum Gasteiger partial charge on any atom is 0.195 e. The van der Waals surface area contributed by atoms with Gasteiger partial charge >= 0.3 is 0 Å². The van der Waals surface area contributed by atoms with Gasteiger partial charge in [0.25, 0.3) is 0 Å². The van der Waals surface area contributed by atoms with Crippen LogP contribution in [0.2, 0.25) is 0 Å². The zero-order valence-corrected chi connectivity index (χ0v) is 10.2.